The summed E-state index contributed by atoms with van der Waals surface area (Å²) in [6.07, 6.45) is 5.27. The second-order valence-corrected chi connectivity index (χ2v) is 9.45. The summed E-state index contributed by atoms with van der Waals surface area (Å²) in [6.45, 7) is 5.61. The van der Waals surface area contributed by atoms with Crippen LogP contribution in [0.2, 0.25) is 0 Å². The van der Waals surface area contributed by atoms with E-state index in [9.17, 15) is 4.79 Å². The van der Waals surface area contributed by atoms with Crippen LogP contribution in [0.5, 0.6) is 5.75 Å². The average molecular weight is 463 g/mol. The van der Waals surface area contributed by atoms with E-state index in [-0.39, 0.29) is 17.9 Å². The molecule has 1 N–H and O–H groups in total. The average Bonchev–Trinajstić information content (AvgIpc) is 2.86. The van der Waals surface area contributed by atoms with Crippen LogP contribution in [0.4, 0.5) is 5.82 Å². The zero-order valence-corrected chi connectivity index (χ0v) is 20.1. The van der Waals surface area contributed by atoms with Crippen molar-refractivity contribution in [3.05, 3.63) is 72.1 Å². The highest BCUT2D eigenvalue weighted by Gasteiger charge is 2.29. The van der Waals surface area contributed by atoms with Crippen LogP contribution in [0, 0.1) is 12.8 Å². The van der Waals surface area contributed by atoms with E-state index in [1.165, 1.54) is 5.56 Å². The fourth-order valence-corrected chi connectivity index (χ4v) is 4.90. The molecule has 0 unspecified atom stereocenters. The van der Waals surface area contributed by atoms with Crippen LogP contribution < -0.4 is 15.0 Å². The minimum atomic E-state index is -0.0846. The van der Waals surface area contributed by atoms with Crippen molar-refractivity contribution >= 4 is 23.5 Å². The van der Waals surface area contributed by atoms with Crippen LogP contribution in [0.25, 0.3) is 0 Å². The lowest BCUT2D eigenvalue weighted by molar-refractivity contribution is -0.125. The predicted octanol–water partition coefficient (Wildman–Crippen LogP) is 5.04. The molecule has 1 aliphatic heterocycles. The molecule has 2 heterocycles. The van der Waals surface area contributed by atoms with Crippen LogP contribution in [0.15, 0.2) is 70.8 Å². The Labute approximate surface area is 199 Å². The van der Waals surface area contributed by atoms with Crippen LogP contribution in [-0.2, 0) is 4.79 Å². The van der Waals surface area contributed by atoms with Gasteiger partial charge < -0.3 is 15.0 Å². The third kappa shape index (κ3) is 5.85. The first-order valence-corrected chi connectivity index (χ1v) is 12.1. The van der Waals surface area contributed by atoms with Crippen molar-refractivity contribution in [2.75, 3.05) is 25.1 Å². The highest BCUT2D eigenvalue weighted by atomic mass is 32.2. The van der Waals surface area contributed by atoms with Gasteiger partial charge in [-0.1, -0.05) is 41.6 Å². The number of anilines is 1. The summed E-state index contributed by atoms with van der Waals surface area (Å²) < 4.78 is 5.23. The maximum absolute atomic E-state index is 13.1. The topological polar surface area (TPSA) is 67.3 Å². The van der Waals surface area contributed by atoms with E-state index in [0.717, 1.165) is 46.4 Å². The van der Waals surface area contributed by atoms with Gasteiger partial charge in [-0.25, -0.2) is 9.97 Å². The van der Waals surface area contributed by atoms with E-state index in [1.807, 2.05) is 31.2 Å². The van der Waals surface area contributed by atoms with E-state index < -0.39 is 0 Å². The first-order valence-electron chi connectivity index (χ1n) is 11.3. The monoisotopic (exact) mass is 462 g/mol. The molecule has 1 saturated heterocycles. The Kier molecular flexibility index (Phi) is 7.50. The van der Waals surface area contributed by atoms with Crippen LogP contribution in [0.1, 0.15) is 36.9 Å². The van der Waals surface area contributed by atoms with Gasteiger partial charge >= 0.3 is 0 Å². The Hall–Kier alpha value is -3.06. The van der Waals surface area contributed by atoms with Crippen molar-refractivity contribution in [3.63, 3.8) is 0 Å². The number of carbonyl (C=O) groups is 1. The molecule has 1 amide bonds. The first kappa shape index (κ1) is 23.1. The summed E-state index contributed by atoms with van der Waals surface area (Å²) in [5, 5.41) is 4.06. The number of aromatic nitrogens is 2. The number of nitrogens with one attached hydrogen (secondary N) is 1. The second-order valence-electron chi connectivity index (χ2n) is 8.39. The number of hydrogen-bond acceptors (Lipinski definition) is 6. The number of benzene rings is 2. The number of piperidine rings is 1. The van der Waals surface area contributed by atoms with Gasteiger partial charge in [0.25, 0.3) is 0 Å². The Morgan fingerprint density at radius 2 is 1.85 bits per heavy atom. The minimum Gasteiger partial charge on any atom is -0.497 e. The number of aryl methyl sites for hydroxylation is 1. The quantitative estimate of drug-likeness (QED) is 0.531. The molecule has 2 aromatic carbocycles. The van der Waals surface area contributed by atoms with Crippen molar-refractivity contribution in [1.82, 2.24) is 15.3 Å². The fraction of sp³-hybridized carbons (Fsp3) is 0.346. The third-order valence-corrected chi connectivity index (χ3v) is 6.94. The highest BCUT2D eigenvalue weighted by molar-refractivity contribution is 7.99. The van der Waals surface area contributed by atoms with Gasteiger partial charge in [-0.3, -0.25) is 4.79 Å². The lowest BCUT2D eigenvalue weighted by Crippen LogP contribution is -2.44. The van der Waals surface area contributed by atoms with Crippen molar-refractivity contribution in [1.29, 1.82) is 0 Å². The molecule has 2 atom stereocenters. The molecule has 4 rings (SSSR count). The standard InChI is InChI=1S/C26H30N4O2S/c1-18-6-12-23(13-7-18)33-26-24(27-14-15-28-26)30-16-4-5-21(17-30)25(31)29-19(2)20-8-10-22(32-3)11-9-20/h6-15,19,21H,4-5,16-17H2,1-3H3,(H,29,31)/t19-,21-/m0/s1. The summed E-state index contributed by atoms with van der Waals surface area (Å²) in [5.74, 6) is 1.66. The lowest BCUT2D eigenvalue weighted by atomic mass is 9.96. The van der Waals surface area contributed by atoms with E-state index in [4.69, 9.17) is 4.74 Å². The SMILES string of the molecule is COc1ccc([C@H](C)NC(=O)[C@H]2CCCN(c3nccnc3Sc3ccc(C)cc3)C2)cc1. The number of nitrogens with zero attached hydrogens (tertiary/aromatic N) is 3. The number of amides is 1. The highest BCUT2D eigenvalue weighted by Crippen LogP contribution is 2.34. The van der Waals surface area contributed by atoms with Gasteiger partial charge in [0.1, 0.15) is 10.8 Å². The summed E-state index contributed by atoms with van der Waals surface area (Å²) in [4.78, 5) is 25.6. The van der Waals surface area contributed by atoms with Crippen LogP contribution >= 0.6 is 11.8 Å². The van der Waals surface area contributed by atoms with Crippen LogP contribution in [0.3, 0.4) is 0 Å². The molecule has 0 bridgehead atoms. The van der Waals surface area contributed by atoms with E-state index >= 15 is 0 Å². The fourth-order valence-electron chi connectivity index (χ4n) is 4.02. The summed E-state index contributed by atoms with van der Waals surface area (Å²) in [5.41, 5.74) is 2.29. The molecule has 0 saturated carbocycles. The van der Waals surface area contributed by atoms with Gasteiger partial charge in [-0.05, 0) is 56.5 Å². The molecule has 0 radical (unpaired) electrons. The Morgan fingerprint density at radius 1 is 1.12 bits per heavy atom. The second kappa shape index (κ2) is 10.7. The Morgan fingerprint density at radius 3 is 2.58 bits per heavy atom. The van der Waals surface area contributed by atoms with Crippen LogP contribution in [-0.4, -0.2) is 36.1 Å². The van der Waals surface area contributed by atoms with Gasteiger partial charge in [0.15, 0.2) is 5.82 Å². The molecular weight excluding hydrogens is 432 g/mol. The molecule has 33 heavy (non-hydrogen) atoms. The van der Waals surface area contributed by atoms with Gasteiger partial charge in [0.2, 0.25) is 5.91 Å². The molecule has 0 spiro atoms. The number of rotatable bonds is 7. The summed E-state index contributed by atoms with van der Waals surface area (Å²) in [7, 11) is 1.65. The zero-order valence-electron chi connectivity index (χ0n) is 19.3. The van der Waals surface area contributed by atoms with E-state index in [2.05, 4.69) is 51.4 Å². The third-order valence-electron chi connectivity index (χ3n) is 5.95. The van der Waals surface area contributed by atoms with Gasteiger partial charge in [-0.15, -0.1) is 0 Å². The number of methoxy groups -OCH3 is 1. The van der Waals surface area contributed by atoms with E-state index in [1.54, 1.807) is 31.3 Å². The predicted molar refractivity (Wildman–Crippen MR) is 132 cm³/mol. The normalized spacial score (nSPS) is 16.8. The summed E-state index contributed by atoms with van der Waals surface area (Å²) in [6, 6.07) is 16.2. The molecule has 0 aliphatic carbocycles. The molecule has 1 aliphatic rings. The maximum atomic E-state index is 13.1. The number of carbonyl (C=O) groups excluding carboxylic acids is 1. The molecule has 7 heteroatoms. The smallest absolute Gasteiger partial charge is 0.225 e. The molecule has 6 nitrogen and oxygen atoms in total. The Bertz CT molecular complexity index is 1070. The van der Waals surface area contributed by atoms with Crippen molar-refractivity contribution in [2.24, 2.45) is 5.92 Å². The molecule has 3 aromatic rings. The number of hydrogen-bond donors (Lipinski definition) is 1. The van der Waals surface area contributed by atoms with Crippen molar-refractivity contribution < 1.29 is 9.53 Å². The molecule has 172 valence electrons. The number of ether oxygens (including phenoxy) is 1. The lowest BCUT2D eigenvalue weighted by Gasteiger charge is -2.34. The Balaban J connectivity index is 1.42. The van der Waals surface area contributed by atoms with E-state index in [0.29, 0.717) is 6.54 Å². The molecular formula is C26H30N4O2S. The van der Waals surface area contributed by atoms with Gasteiger partial charge in [0.05, 0.1) is 19.1 Å². The maximum Gasteiger partial charge on any atom is 0.225 e. The van der Waals surface area contributed by atoms with Crippen molar-refractivity contribution in [2.45, 2.75) is 42.7 Å². The molecule has 1 aromatic heterocycles. The largest absolute Gasteiger partial charge is 0.497 e. The first-order chi connectivity index (χ1) is 16.0. The molecule has 1 fully saturated rings. The minimum absolute atomic E-state index is 0.0667. The van der Waals surface area contributed by atoms with Crippen molar-refractivity contribution in [3.8, 4) is 5.75 Å². The van der Waals surface area contributed by atoms with Gasteiger partial charge in [-0.2, -0.15) is 0 Å². The zero-order chi connectivity index (χ0) is 23.2. The summed E-state index contributed by atoms with van der Waals surface area (Å²) >= 11 is 1.61. The van der Waals surface area contributed by atoms with Gasteiger partial charge in [0, 0.05) is 30.4 Å².